The molecule has 0 amide bonds. The molecule has 1 aromatic heterocycles. The molecular weight excluding hydrogens is 208 g/mol. The minimum atomic E-state index is 0.507. The highest BCUT2D eigenvalue weighted by molar-refractivity contribution is 5.83. The van der Waals surface area contributed by atoms with Crippen molar-refractivity contribution in [3.63, 3.8) is 0 Å². The van der Waals surface area contributed by atoms with E-state index in [4.69, 9.17) is 4.98 Å². The minimum absolute atomic E-state index is 0.507. The summed E-state index contributed by atoms with van der Waals surface area (Å²) in [4.78, 5) is 4.72. The Bertz CT molecular complexity index is 503. The van der Waals surface area contributed by atoms with E-state index >= 15 is 0 Å². The number of rotatable bonds is 4. The summed E-state index contributed by atoms with van der Waals surface area (Å²) in [6.07, 6.45) is 1.12. The van der Waals surface area contributed by atoms with Crippen LogP contribution in [0, 0.1) is 0 Å². The van der Waals surface area contributed by atoms with Crippen molar-refractivity contribution in [2.24, 2.45) is 0 Å². The third kappa shape index (κ3) is 2.57. The number of fused-ring (bicyclic) bond motifs is 1. The normalized spacial score (nSPS) is 11.1. The van der Waals surface area contributed by atoms with Gasteiger partial charge in [-0.15, -0.1) is 0 Å². The van der Waals surface area contributed by atoms with Gasteiger partial charge in [0.1, 0.15) is 5.82 Å². The van der Waals surface area contributed by atoms with Crippen LogP contribution in [-0.2, 0) is 0 Å². The second-order valence-electron chi connectivity index (χ2n) is 4.70. The first-order valence-corrected chi connectivity index (χ1v) is 6.36. The molecule has 2 aromatic rings. The summed E-state index contributed by atoms with van der Waals surface area (Å²) in [6, 6.07) is 10.6. The number of nitrogens with zero attached hydrogens (tertiary/aromatic N) is 1. The van der Waals surface area contributed by atoms with Crippen molar-refractivity contribution in [1.82, 2.24) is 4.98 Å². The Morgan fingerprint density at radius 2 is 2.00 bits per heavy atom. The second kappa shape index (κ2) is 5.17. The molecule has 0 atom stereocenters. The number of para-hydroxylation sites is 1. The Kier molecular flexibility index (Phi) is 3.62. The number of nitrogens with one attached hydrogen (secondary N) is 1. The lowest BCUT2D eigenvalue weighted by Gasteiger charge is -2.11. The predicted octanol–water partition coefficient (Wildman–Crippen LogP) is 4.18. The fourth-order valence-electron chi connectivity index (χ4n) is 1.99. The largest absolute Gasteiger partial charge is 0.370 e. The lowest BCUT2D eigenvalue weighted by molar-refractivity contribution is 0.872. The fourth-order valence-corrected chi connectivity index (χ4v) is 1.99. The summed E-state index contributed by atoms with van der Waals surface area (Å²) < 4.78 is 0. The lowest BCUT2D eigenvalue weighted by Crippen LogP contribution is -2.02. The molecule has 0 saturated carbocycles. The van der Waals surface area contributed by atoms with E-state index in [-0.39, 0.29) is 0 Å². The molecule has 0 aliphatic carbocycles. The van der Waals surface area contributed by atoms with Crippen molar-refractivity contribution >= 4 is 16.7 Å². The van der Waals surface area contributed by atoms with Crippen molar-refractivity contribution in [2.75, 3.05) is 11.9 Å². The predicted molar refractivity (Wildman–Crippen MR) is 74.6 cm³/mol. The first-order valence-electron chi connectivity index (χ1n) is 6.36. The summed E-state index contributed by atoms with van der Waals surface area (Å²) in [5.41, 5.74) is 2.45. The number of aromatic nitrogens is 1. The Hall–Kier alpha value is -1.57. The maximum Gasteiger partial charge on any atom is 0.126 e. The maximum atomic E-state index is 4.72. The molecule has 1 N–H and O–H groups in total. The van der Waals surface area contributed by atoms with Gasteiger partial charge in [-0.2, -0.15) is 0 Å². The molecule has 17 heavy (non-hydrogen) atoms. The Balaban J connectivity index is 2.46. The molecule has 1 aromatic carbocycles. The van der Waals surface area contributed by atoms with Crippen LogP contribution >= 0.6 is 0 Å². The van der Waals surface area contributed by atoms with Gasteiger partial charge in [0, 0.05) is 11.9 Å². The molecule has 0 bridgehead atoms. The van der Waals surface area contributed by atoms with E-state index in [1.54, 1.807) is 0 Å². The third-order valence-electron chi connectivity index (χ3n) is 2.93. The molecule has 0 fully saturated rings. The van der Waals surface area contributed by atoms with E-state index in [2.05, 4.69) is 56.4 Å². The van der Waals surface area contributed by atoms with E-state index in [1.807, 2.05) is 0 Å². The van der Waals surface area contributed by atoms with E-state index < -0.39 is 0 Å². The van der Waals surface area contributed by atoms with Crippen LogP contribution in [0.2, 0.25) is 0 Å². The molecule has 2 heteroatoms. The van der Waals surface area contributed by atoms with E-state index in [0.717, 1.165) is 24.3 Å². The summed E-state index contributed by atoms with van der Waals surface area (Å²) in [7, 11) is 0. The van der Waals surface area contributed by atoms with Crippen molar-refractivity contribution in [3.8, 4) is 0 Å². The van der Waals surface area contributed by atoms with Crippen LogP contribution < -0.4 is 5.32 Å². The highest BCUT2D eigenvalue weighted by Gasteiger charge is 2.06. The molecule has 0 unspecified atom stereocenters. The maximum absolute atomic E-state index is 4.72. The topological polar surface area (TPSA) is 24.9 Å². The lowest BCUT2D eigenvalue weighted by atomic mass is 10.00. The Morgan fingerprint density at radius 1 is 1.18 bits per heavy atom. The van der Waals surface area contributed by atoms with Gasteiger partial charge in [0.2, 0.25) is 0 Å². The summed E-state index contributed by atoms with van der Waals surface area (Å²) in [6.45, 7) is 7.56. The molecule has 0 aliphatic rings. The minimum Gasteiger partial charge on any atom is -0.370 e. The van der Waals surface area contributed by atoms with Gasteiger partial charge < -0.3 is 5.32 Å². The van der Waals surface area contributed by atoms with Crippen molar-refractivity contribution in [3.05, 3.63) is 35.9 Å². The van der Waals surface area contributed by atoms with Crippen molar-refractivity contribution in [1.29, 1.82) is 0 Å². The van der Waals surface area contributed by atoms with Gasteiger partial charge in [-0.25, -0.2) is 4.98 Å². The van der Waals surface area contributed by atoms with Crippen LogP contribution in [0.25, 0.3) is 10.9 Å². The molecule has 0 aliphatic heterocycles. The fraction of sp³-hybridized carbons (Fsp3) is 0.400. The quantitative estimate of drug-likeness (QED) is 0.849. The van der Waals surface area contributed by atoms with Crippen LogP contribution in [0.1, 0.15) is 38.7 Å². The van der Waals surface area contributed by atoms with Gasteiger partial charge in [0.25, 0.3) is 0 Å². The second-order valence-corrected chi connectivity index (χ2v) is 4.70. The van der Waals surface area contributed by atoms with Gasteiger partial charge in [0.15, 0.2) is 0 Å². The molecule has 2 rings (SSSR count). The zero-order valence-corrected chi connectivity index (χ0v) is 10.8. The van der Waals surface area contributed by atoms with Gasteiger partial charge in [-0.05, 0) is 30.0 Å². The highest BCUT2D eigenvalue weighted by atomic mass is 15.0. The molecular formula is C15H20N2. The number of pyridine rings is 1. The number of anilines is 1. The van der Waals surface area contributed by atoms with Crippen LogP contribution in [0.4, 0.5) is 5.82 Å². The van der Waals surface area contributed by atoms with Crippen LogP contribution in [0.5, 0.6) is 0 Å². The van der Waals surface area contributed by atoms with Crippen LogP contribution in [0.3, 0.4) is 0 Å². The average Bonchev–Trinajstić information content (AvgIpc) is 2.35. The van der Waals surface area contributed by atoms with E-state index in [9.17, 15) is 0 Å². The average molecular weight is 228 g/mol. The summed E-state index contributed by atoms with van der Waals surface area (Å²) >= 11 is 0. The van der Waals surface area contributed by atoms with E-state index in [1.165, 1.54) is 10.9 Å². The van der Waals surface area contributed by atoms with Crippen LogP contribution in [-0.4, -0.2) is 11.5 Å². The SMILES string of the molecule is CCCNc1ccc2cccc(C(C)C)c2n1. The smallest absolute Gasteiger partial charge is 0.126 e. The Labute approximate surface area is 103 Å². The van der Waals surface area contributed by atoms with Crippen molar-refractivity contribution in [2.45, 2.75) is 33.1 Å². The molecule has 90 valence electrons. The summed E-state index contributed by atoms with van der Waals surface area (Å²) in [5.74, 6) is 1.49. The van der Waals surface area contributed by atoms with Gasteiger partial charge in [-0.3, -0.25) is 0 Å². The molecule has 0 radical (unpaired) electrons. The first kappa shape index (κ1) is 11.9. The molecule has 2 nitrogen and oxygen atoms in total. The van der Waals surface area contributed by atoms with E-state index in [0.29, 0.717) is 5.92 Å². The van der Waals surface area contributed by atoms with Gasteiger partial charge in [-0.1, -0.05) is 39.0 Å². The zero-order valence-electron chi connectivity index (χ0n) is 10.8. The number of hydrogen-bond acceptors (Lipinski definition) is 2. The zero-order chi connectivity index (χ0) is 12.3. The molecule has 1 heterocycles. The molecule has 0 spiro atoms. The number of benzene rings is 1. The Morgan fingerprint density at radius 3 is 2.71 bits per heavy atom. The standard InChI is InChI=1S/C15H20N2/c1-4-10-16-14-9-8-12-6-5-7-13(11(2)3)15(12)17-14/h5-9,11H,4,10H2,1-3H3,(H,16,17). The van der Waals surface area contributed by atoms with Crippen LogP contribution in [0.15, 0.2) is 30.3 Å². The third-order valence-corrected chi connectivity index (χ3v) is 2.93. The van der Waals surface area contributed by atoms with Gasteiger partial charge in [0.05, 0.1) is 5.52 Å². The summed E-state index contributed by atoms with van der Waals surface area (Å²) in [5, 5.41) is 4.56. The highest BCUT2D eigenvalue weighted by Crippen LogP contribution is 2.24. The van der Waals surface area contributed by atoms with Crippen molar-refractivity contribution < 1.29 is 0 Å². The van der Waals surface area contributed by atoms with Gasteiger partial charge >= 0.3 is 0 Å². The first-order chi connectivity index (χ1) is 8.22. The number of hydrogen-bond donors (Lipinski definition) is 1. The molecule has 0 saturated heterocycles. The monoisotopic (exact) mass is 228 g/mol.